The quantitative estimate of drug-likeness (QED) is 0.329. The van der Waals surface area contributed by atoms with Gasteiger partial charge in [0.05, 0.1) is 6.04 Å². The molecule has 1 aromatic heterocycles. The number of fused-ring (bicyclic) bond motifs is 1. The van der Waals surface area contributed by atoms with Crippen LogP contribution in [-0.2, 0) is 22.6 Å². The number of hydrogen-bond acceptors (Lipinski definition) is 3. The Labute approximate surface area is 209 Å². The van der Waals surface area contributed by atoms with E-state index in [1.54, 1.807) is 12.1 Å². The van der Waals surface area contributed by atoms with Crippen molar-refractivity contribution in [2.45, 2.75) is 38.3 Å². The minimum Gasteiger partial charge on any atom is -0.368 e. The average molecular weight is 485 g/mol. The lowest BCUT2D eigenvalue weighted by molar-refractivity contribution is -0.122. The van der Waals surface area contributed by atoms with Gasteiger partial charge in [-0.15, -0.1) is 0 Å². The molecule has 1 aliphatic heterocycles. The summed E-state index contributed by atoms with van der Waals surface area (Å²) in [5.41, 5.74) is 11.1. The molecule has 1 fully saturated rings. The van der Waals surface area contributed by atoms with Crippen LogP contribution in [0.3, 0.4) is 0 Å². The molecule has 2 amide bonds. The van der Waals surface area contributed by atoms with Crippen molar-refractivity contribution in [3.63, 3.8) is 0 Å². The molecule has 5 rings (SSSR count). The van der Waals surface area contributed by atoms with Gasteiger partial charge in [0.2, 0.25) is 11.8 Å². The summed E-state index contributed by atoms with van der Waals surface area (Å²) in [4.78, 5) is 30.3. The second-order valence-electron chi connectivity index (χ2n) is 9.27. The molecule has 1 saturated heterocycles. The number of aromatic nitrogens is 1. The van der Waals surface area contributed by atoms with Crippen LogP contribution >= 0.6 is 0 Å². The number of aryl methyl sites for hydroxylation is 1. The number of benzene rings is 3. The molecule has 0 spiro atoms. The van der Waals surface area contributed by atoms with Gasteiger partial charge in [0.25, 0.3) is 0 Å². The maximum absolute atomic E-state index is 13.5. The molecule has 1 atom stereocenters. The third-order valence-electron chi connectivity index (χ3n) is 6.91. The van der Waals surface area contributed by atoms with Crippen LogP contribution in [0, 0.1) is 5.82 Å². The second kappa shape index (κ2) is 10.3. The van der Waals surface area contributed by atoms with E-state index in [-0.39, 0.29) is 30.1 Å². The molecule has 4 aromatic rings. The minimum atomic E-state index is -0.301. The first-order valence-corrected chi connectivity index (χ1v) is 12.3. The van der Waals surface area contributed by atoms with Gasteiger partial charge in [0.15, 0.2) is 0 Å². The normalized spacial score (nSPS) is 15.9. The Morgan fingerprint density at radius 1 is 1.03 bits per heavy atom. The molecule has 7 heteroatoms. The molecule has 1 aliphatic rings. The lowest BCUT2D eigenvalue weighted by Gasteiger charge is -2.23. The number of nitrogens with zero attached hydrogens (tertiary/aromatic N) is 1. The minimum absolute atomic E-state index is 0.0920. The number of primary amides is 1. The number of H-pyrrole nitrogens is 1. The molecule has 3 aromatic carbocycles. The fourth-order valence-corrected chi connectivity index (χ4v) is 5.11. The third kappa shape index (κ3) is 5.02. The van der Waals surface area contributed by atoms with Gasteiger partial charge in [-0.2, -0.15) is 0 Å². The largest absolute Gasteiger partial charge is 0.368 e. The smallest absolute Gasteiger partial charge is 0.234 e. The van der Waals surface area contributed by atoms with E-state index < -0.39 is 0 Å². The number of hydrogen-bond donors (Lipinski definition) is 3. The van der Waals surface area contributed by atoms with Crippen molar-refractivity contribution in [3.05, 3.63) is 89.7 Å². The summed E-state index contributed by atoms with van der Waals surface area (Å²) in [5, 5.41) is 4.12. The fourth-order valence-electron chi connectivity index (χ4n) is 5.11. The molecular formula is C29H29FN4O2. The van der Waals surface area contributed by atoms with E-state index in [1.165, 1.54) is 12.1 Å². The third-order valence-corrected chi connectivity index (χ3v) is 6.91. The van der Waals surface area contributed by atoms with E-state index in [4.69, 9.17) is 5.73 Å². The van der Waals surface area contributed by atoms with Crippen molar-refractivity contribution in [1.29, 1.82) is 0 Å². The summed E-state index contributed by atoms with van der Waals surface area (Å²) in [6.45, 7) is 1.36. The van der Waals surface area contributed by atoms with Crippen LogP contribution in [0.2, 0.25) is 0 Å². The van der Waals surface area contributed by atoms with Crippen LogP contribution in [-0.4, -0.2) is 34.3 Å². The molecule has 4 N–H and O–H groups in total. The molecule has 0 aliphatic carbocycles. The summed E-state index contributed by atoms with van der Waals surface area (Å²) in [6.07, 6.45) is 2.52. The van der Waals surface area contributed by atoms with Gasteiger partial charge < -0.3 is 16.0 Å². The molecule has 0 saturated carbocycles. The predicted octanol–water partition coefficient (Wildman–Crippen LogP) is 5.00. The van der Waals surface area contributed by atoms with E-state index in [1.807, 2.05) is 48.5 Å². The van der Waals surface area contributed by atoms with Gasteiger partial charge in [-0.3, -0.25) is 14.5 Å². The van der Waals surface area contributed by atoms with Gasteiger partial charge in [-0.05, 0) is 78.9 Å². The number of nitrogens with one attached hydrogen (secondary N) is 2. The van der Waals surface area contributed by atoms with Crippen LogP contribution < -0.4 is 11.1 Å². The van der Waals surface area contributed by atoms with Crippen molar-refractivity contribution < 1.29 is 14.0 Å². The lowest BCUT2D eigenvalue weighted by Crippen LogP contribution is -2.39. The number of para-hydroxylation sites is 2. The Kier molecular flexibility index (Phi) is 6.82. The molecular weight excluding hydrogens is 455 g/mol. The predicted molar refractivity (Wildman–Crippen MR) is 140 cm³/mol. The standard InChI is InChI=1S/C29H29FN4O2/c30-21-13-11-19(12-14-21)28-23(22-7-2-4-9-25(22)33-28)15-16-27(35)32-24-8-3-1-6-20(24)18-34-17-5-10-26(34)29(31)36/h1-4,6-9,11-14,26,33H,5,10,15-18H2,(H2,31,36)(H,32,35). The average Bonchev–Trinajstić information content (AvgIpc) is 3.49. The van der Waals surface area contributed by atoms with Crippen LogP contribution in [0.5, 0.6) is 0 Å². The number of carbonyl (C=O) groups excluding carboxylic acids is 2. The topological polar surface area (TPSA) is 91.2 Å². The maximum atomic E-state index is 13.5. The lowest BCUT2D eigenvalue weighted by atomic mass is 10.0. The highest BCUT2D eigenvalue weighted by molar-refractivity contribution is 5.94. The summed E-state index contributed by atoms with van der Waals surface area (Å²) < 4.78 is 13.5. The zero-order valence-corrected chi connectivity index (χ0v) is 20.0. The van der Waals surface area contributed by atoms with E-state index in [0.29, 0.717) is 13.0 Å². The first-order valence-electron chi connectivity index (χ1n) is 12.3. The maximum Gasteiger partial charge on any atom is 0.234 e. The van der Waals surface area contributed by atoms with Gasteiger partial charge in [-0.25, -0.2) is 4.39 Å². The Morgan fingerprint density at radius 3 is 2.58 bits per heavy atom. The van der Waals surface area contributed by atoms with Gasteiger partial charge in [0, 0.05) is 35.2 Å². The van der Waals surface area contributed by atoms with Crippen molar-refractivity contribution in [1.82, 2.24) is 9.88 Å². The Hall–Kier alpha value is -3.97. The van der Waals surface area contributed by atoms with E-state index in [2.05, 4.69) is 15.2 Å². The van der Waals surface area contributed by atoms with Crippen LogP contribution in [0.15, 0.2) is 72.8 Å². The molecule has 1 unspecified atom stereocenters. The van der Waals surface area contributed by atoms with Crippen molar-refractivity contribution in [2.24, 2.45) is 5.73 Å². The Balaban J connectivity index is 1.32. The van der Waals surface area contributed by atoms with Gasteiger partial charge in [-0.1, -0.05) is 36.4 Å². The summed E-state index contributed by atoms with van der Waals surface area (Å²) >= 11 is 0. The summed E-state index contributed by atoms with van der Waals surface area (Å²) in [5.74, 6) is -0.680. The number of carbonyl (C=O) groups is 2. The number of aromatic amines is 1. The highest BCUT2D eigenvalue weighted by Crippen LogP contribution is 2.32. The number of halogens is 1. The van der Waals surface area contributed by atoms with Crippen LogP contribution in [0.4, 0.5) is 10.1 Å². The monoisotopic (exact) mass is 484 g/mol. The van der Waals surface area contributed by atoms with Gasteiger partial charge in [0.1, 0.15) is 5.82 Å². The highest BCUT2D eigenvalue weighted by atomic mass is 19.1. The van der Waals surface area contributed by atoms with Crippen LogP contribution in [0.25, 0.3) is 22.2 Å². The first kappa shape index (κ1) is 23.8. The second-order valence-corrected chi connectivity index (χ2v) is 9.27. The number of nitrogens with two attached hydrogens (primary N) is 1. The molecule has 6 nitrogen and oxygen atoms in total. The van der Waals surface area contributed by atoms with Crippen LogP contribution in [0.1, 0.15) is 30.4 Å². The molecule has 36 heavy (non-hydrogen) atoms. The molecule has 184 valence electrons. The molecule has 2 heterocycles. The van der Waals surface area contributed by atoms with Crippen molar-refractivity contribution in [3.8, 4) is 11.3 Å². The summed E-state index contributed by atoms with van der Waals surface area (Å²) in [7, 11) is 0. The van der Waals surface area contributed by atoms with Crippen molar-refractivity contribution in [2.75, 3.05) is 11.9 Å². The zero-order chi connectivity index (χ0) is 25.1. The number of anilines is 1. The number of likely N-dealkylation sites (tertiary alicyclic amines) is 1. The SMILES string of the molecule is NC(=O)C1CCCN1Cc1ccccc1NC(=O)CCc1c(-c2ccc(F)cc2)[nH]c2ccccc12. The number of rotatable bonds is 8. The highest BCUT2D eigenvalue weighted by Gasteiger charge is 2.29. The Morgan fingerprint density at radius 2 is 1.78 bits per heavy atom. The van der Waals surface area contributed by atoms with E-state index in [0.717, 1.165) is 58.4 Å². The van der Waals surface area contributed by atoms with E-state index >= 15 is 0 Å². The molecule has 0 bridgehead atoms. The van der Waals surface area contributed by atoms with E-state index in [9.17, 15) is 14.0 Å². The van der Waals surface area contributed by atoms with Gasteiger partial charge >= 0.3 is 0 Å². The summed E-state index contributed by atoms with van der Waals surface area (Å²) in [6, 6.07) is 21.8. The number of amides is 2. The van der Waals surface area contributed by atoms with Crippen molar-refractivity contribution >= 4 is 28.4 Å². The first-order chi connectivity index (χ1) is 17.5. The zero-order valence-electron chi connectivity index (χ0n) is 20.0. The Bertz CT molecular complexity index is 1400. The molecule has 0 radical (unpaired) electrons. The fraction of sp³-hybridized carbons (Fsp3) is 0.241.